The first-order valence-corrected chi connectivity index (χ1v) is 41.4. The largest absolute Gasteiger partial charge is 0.472 e. The van der Waals surface area contributed by atoms with E-state index in [2.05, 4.69) is 58.9 Å². The predicted molar refractivity (Wildman–Crippen MR) is 381 cm³/mol. The van der Waals surface area contributed by atoms with Crippen molar-refractivity contribution in [3.05, 3.63) is 24.3 Å². The molecule has 0 bridgehead atoms. The first-order chi connectivity index (χ1) is 45.5. The summed E-state index contributed by atoms with van der Waals surface area (Å²) in [6.45, 7) is 7.21. The summed E-state index contributed by atoms with van der Waals surface area (Å²) in [5.74, 6) is -1.39. The SMILES string of the molecule is CCCCCC/C=C\C=C/CCCCCCCC(=O)O[C@H](COC(=O)CCCCCCCCCCCCCCCC)COP(=O)(O)OC[C@@H](O)COP(=O)(O)OC[C@@H](COC(=O)CCCCCCCCCCCCCC)OC(=O)CCCCCCCCCCCCC(C)C. The molecule has 0 saturated heterocycles. The van der Waals surface area contributed by atoms with Crippen LogP contribution in [0.4, 0.5) is 0 Å². The Bertz CT molecular complexity index is 1900. The van der Waals surface area contributed by atoms with Gasteiger partial charge in [0.25, 0.3) is 0 Å². The Labute approximate surface area is 573 Å². The zero-order valence-corrected chi connectivity index (χ0v) is 62.4. The first-order valence-electron chi connectivity index (χ1n) is 38.5. The Balaban J connectivity index is 5.30. The summed E-state index contributed by atoms with van der Waals surface area (Å²) in [5.41, 5.74) is 0. The quantitative estimate of drug-likeness (QED) is 0.0169. The number of phosphoric ester groups is 2. The third kappa shape index (κ3) is 68.1. The number of aliphatic hydroxyl groups is 1. The molecule has 0 spiro atoms. The summed E-state index contributed by atoms with van der Waals surface area (Å²) < 4.78 is 68.5. The van der Waals surface area contributed by atoms with Crippen molar-refractivity contribution in [3.63, 3.8) is 0 Å². The van der Waals surface area contributed by atoms with Crippen molar-refractivity contribution < 1.29 is 80.2 Å². The van der Waals surface area contributed by atoms with E-state index in [1.165, 1.54) is 180 Å². The van der Waals surface area contributed by atoms with E-state index in [4.69, 9.17) is 37.0 Å². The zero-order chi connectivity index (χ0) is 69.1. The summed E-state index contributed by atoms with van der Waals surface area (Å²) in [5, 5.41) is 10.6. The van der Waals surface area contributed by atoms with Gasteiger partial charge in [-0.1, -0.05) is 316 Å². The number of aliphatic hydroxyl groups excluding tert-OH is 1. The van der Waals surface area contributed by atoms with Gasteiger partial charge in [-0.15, -0.1) is 0 Å². The predicted octanol–water partition coefficient (Wildman–Crippen LogP) is 21.6. The number of hydrogen-bond donors (Lipinski definition) is 3. The van der Waals surface area contributed by atoms with Gasteiger partial charge in [-0.3, -0.25) is 37.3 Å². The van der Waals surface area contributed by atoms with Crippen molar-refractivity contribution >= 4 is 39.5 Å². The summed E-state index contributed by atoms with van der Waals surface area (Å²) in [6, 6.07) is 0. The smallest absolute Gasteiger partial charge is 0.462 e. The number of hydrogen-bond acceptors (Lipinski definition) is 15. The molecule has 0 aromatic rings. The number of ether oxygens (including phenoxy) is 4. The fraction of sp³-hybridized carbons (Fsp3) is 0.893. The van der Waals surface area contributed by atoms with E-state index in [-0.39, 0.29) is 25.7 Å². The molecule has 94 heavy (non-hydrogen) atoms. The summed E-state index contributed by atoms with van der Waals surface area (Å²) >= 11 is 0. The molecule has 3 N–H and O–H groups in total. The van der Waals surface area contributed by atoms with Crippen LogP contribution >= 0.6 is 15.6 Å². The topological polar surface area (TPSA) is 237 Å². The third-order valence-electron chi connectivity index (χ3n) is 16.9. The molecule has 0 aliphatic carbocycles. The van der Waals surface area contributed by atoms with Gasteiger partial charge in [0.15, 0.2) is 12.2 Å². The summed E-state index contributed by atoms with van der Waals surface area (Å²) in [7, 11) is -9.92. The minimum atomic E-state index is -4.96. The van der Waals surface area contributed by atoms with E-state index in [0.29, 0.717) is 25.7 Å². The second kappa shape index (κ2) is 67.7. The number of carbonyl (C=O) groups excluding carboxylic acids is 4. The molecule has 0 rings (SSSR count). The second-order valence-corrected chi connectivity index (χ2v) is 29.7. The van der Waals surface area contributed by atoms with Crippen LogP contribution in [0.2, 0.25) is 0 Å². The van der Waals surface area contributed by atoms with E-state index < -0.39 is 97.5 Å². The Kier molecular flexibility index (Phi) is 65.9. The fourth-order valence-electron chi connectivity index (χ4n) is 11.0. The van der Waals surface area contributed by atoms with Gasteiger partial charge in [-0.05, 0) is 57.3 Å². The van der Waals surface area contributed by atoms with Crippen molar-refractivity contribution in [2.75, 3.05) is 39.6 Å². The van der Waals surface area contributed by atoms with Crippen LogP contribution in [0.5, 0.6) is 0 Å². The molecule has 0 heterocycles. The van der Waals surface area contributed by atoms with Gasteiger partial charge in [-0.2, -0.15) is 0 Å². The fourth-order valence-corrected chi connectivity index (χ4v) is 12.6. The van der Waals surface area contributed by atoms with Crippen LogP contribution in [0.3, 0.4) is 0 Å². The number of esters is 4. The van der Waals surface area contributed by atoms with Crippen LogP contribution in [0.15, 0.2) is 24.3 Å². The molecular weight excluding hydrogens is 1230 g/mol. The van der Waals surface area contributed by atoms with Gasteiger partial charge in [0, 0.05) is 25.7 Å². The summed E-state index contributed by atoms with van der Waals surface area (Å²) in [6.07, 6.45) is 58.9. The lowest BCUT2D eigenvalue weighted by Gasteiger charge is -2.21. The maximum absolute atomic E-state index is 13.1. The molecule has 0 fully saturated rings. The van der Waals surface area contributed by atoms with Gasteiger partial charge >= 0.3 is 39.5 Å². The van der Waals surface area contributed by atoms with E-state index in [9.17, 15) is 43.2 Å². The highest BCUT2D eigenvalue weighted by atomic mass is 31.2. The van der Waals surface area contributed by atoms with E-state index in [1.54, 1.807) is 0 Å². The molecule has 0 aliphatic rings. The van der Waals surface area contributed by atoms with Gasteiger partial charge in [0.05, 0.1) is 26.4 Å². The molecule has 0 amide bonds. The molecule has 2 unspecified atom stereocenters. The molecule has 0 radical (unpaired) electrons. The van der Waals surface area contributed by atoms with Crippen LogP contribution in [-0.2, 0) is 65.4 Å². The van der Waals surface area contributed by atoms with Crippen LogP contribution in [0.1, 0.15) is 369 Å². The standard InChI is InChI=1S/C75H142O17P2/c1-6-9-12-15-18-21-24-27-29-31-34-40-45-50-55-60-74(79)91-70(64-86-73(78)59-54-49-44-39-33-30-28-25-22-19-16-13-10-7-2)66-89-93(81,82)87-62-69(76)63-88-94(83,84)90-67-71(65-85-72(77)58-53-48-43-38-32-26-23-20-17-14-11-8-3)92-75(80)61-56-51-46-41-36-35-37-42-47-52-57-68(4)5/h21,24,27,29,68-71,76H,6-20,22-23,25-26,28,30-67H2,1-5H3,(H,81,82)(H,83,84)/b24-21-,29-27-/t69-,70-,71-/m1/s1. The van der Waals surface area contributed by atoms with E-state index in [0.717, 1.165) is 109 Å². The van der Waals surface area contributed by atoms with Crippen LogP contribution in [0, 0.1) is 5.92 Å². The highest BCUT2D eigenvalue weighted by molar-refractivity contribution is 7.47. The van der Waals surface area contributed by atoms with Gasteiger partial charge in [0.1, 0.15) is 19.3 Å². The number of allylic oxidation sites excluding steroid dienone is 4. The molecular formula is C75H142O17P2. The Morgan fingerprint density at radius 2 is 0.574 bits per heavy atom. The average molecular weight is 1380 g/mol. The molecule has 0 aromatic carbocycles. The number of unbranched alkanes of at least 4 members (excludes halogenated alkanes) is 42. The van der Waals surface area contributed by atoms with Crippen molar-refractivity contribution in [1.82, 2.24) is 0 Å². The van der Waals surface area contributed by atoms with Gasteiger partial charge in [0.2, 0.25) is 0 Å². The number of phosphoric acid groups is 2. The van der Waals surface area contributed by atoms with Crippen LogP contribution in [0.25, 0.3) is 0 Å². The number of rotatable bonds is 73. The minimum absolute atomic E-state index is 0.0857. The van der Waals surface area contributed by atoms with Gasteiger partial charge in [-0.25, -0.2) is 9.13 Å². The maximum Gasteiger partial charge on any atom is 0.472 e. The maximum atomic E-state index is 13.1. The zero-order valence-electron chi connectivity index (χ0n) is 60.6. The normalized spacial score (nSPS) is 14.1. The molecule has 0 aromatic heterocycles. The molecule has 5 atom stereocenters. The highest BCUT2D eigenvalue weighted by Crippen LogP contribution is 2.45. The van der Waals surface area contributed by atoms with Crippen LogP contribution in [-0.4, -0.2) is 96.7 Å². The molecule has 0 aliphatic heterocycles. The first kappa shape index (κ1) is 91.5. The average Bonchev–Trinajstić information content (AvgIpc) is 1.43. The molecule has 19 heteroatoms. The lowest BCUT2D eigenvalue weighted by Crippen LogP contribution is -2.30. The van der Waals surface area contributed by atoms with Crippen molar-refractivity contribution in [2.45, 2.75) is 387 Å². The Morgan fingerprint density at radius 3 is 0.872 bits per heavy atom. The lowest BCUT2D eigenvalue weighted by atomic mass is 10.0. The second-order valence-electron chi connectivity index (χ2n) is 26.8. The van der Waals surface area contributed by atoms with Gasteiger partial charge < -0.3 is 33.8 Å². The molecule has 17 nitrogen and oxygen atoms in total. The van der Waals surface area contributed by atoms with E-state index in [1.807, 2.05) is 0 Å². The highest BCUT2D eigenvalue weighted by Gasteiger charge is 2.30. The van der Waals surface area contributed by atoms with Crippen LogP contribution < -0.4 is 0 Å². The van der Waals surface area contributed by atoms with Crippen molar-refractivity contribution in [3.8, 4) is 0 Å². The summed E-state index contributed by atoms with van der Waals surface area (Å²) in [4.78, 5) is 72.8. The molecule has 0 saturated carbocycles. The Morgan fingerprint density at radius 1 is 0.330 bits per heavy atom. The van der Waals surface area contributed by atoms with E-state index >= 15 is 0 Å². The Hall–Kier alpha value is -2.46. The monoisotopic (exact) mass is 1380 g/mol. The number of carbonyl (C=O) groups is 4. The lowest BCUT2D eigenvalue weighted by molar-refractivity contribution is -0.161. The minimum Gasteiger partial charge on any atom is -0.462 e. The third-order valence-corrected chi connectivity index (χ3v) is 18.8. The van der Waals surface area contributed by atoms with Crippen molar-refractivity contribution in [2.24, 2.45) is 5.92 Å². The van der Waals surface area contributed by atoms with Crippen molar-refractivity contribution in [1.29, 1.82) is 0 Å². The molecule has 554 valence electrons.